The summed E-state index contributed by atoms with van der Waals surface area (Å²) in [4.78, 5) is 19.4. The number of hydrogen-bond acceptors (Lipinski definition) is 3. The number of azide groups is 1. The summed E-state index contributed by atoms with van der Waals surface area (Å²) in [5, 5.41) is 3.46. The molecule has 0 aromatic carbocycles. The van der Waals surface area contributed by atoms with Gasteiger partial charge < -0.3 is 4.90 Å². The summed E-state index contributed by atoms with van der Waals surface area (Å²) in [6, 6.07) is 2.72. The number of carbonyl (C=O) groups is 1. The highest BCUT2D eigenvalue weighted by Crippen LogP contribution is 2.24. The SMILES string of the molecule is [N-]=[N+]=NCC1CC(=O)N(c2ccc(F)nc2)C1. The maximum absolute atomic E-state index is 12.6. The lowest BCUT2D eigenvalue weighted by atomic mass is 10.1. The van der Waals surface area contributed by atoms with Crippen LogP contribution in [-0.4, -0.2) is 24.0 Å². The summed E-state index contributed by atoms with van der Waals surface area (Å²) in [7, 11) is 0. The molecule has 1 amide bonds. The van der Waals surface area contributed by atoms with Crippen molar-refractivity contribution in [2.24, 2.45) is 11.0 Å². The highest BCUT2D eigenvalue weighted by Gasteiger charge is 2.30. The van der Waals surface area contributed by atoms with E-state index < -0.39 is 5.95 Å². The number of carbonyl (C=O) groups excluding carboxylic acids is 1. The first-order chi connectivity index (χ1) is 8.20. The van der Waals surface area contributed by atoms with Crippen LogP contribution in [-0.2, 0) is 4.79 Å². The average molecular weight is 235 g/mol. The Morgan fingerprint density at radius 3 is 3.12 bits per heavy atom. The molecular weight excluding hydrogens is 225 g/mol. The maximum Gasteiger partial charge on any atom is 0.227 e. The van der Waals surface area contributed by atoms with Crippen LogP contribution in [0.1, 0.15) is 6.42 Å². The maximum atomic E-state index is 12.6. The van der Waals surface area contributed by atoms with Gasteiger partial charge in [-0.25, -0.2) is 4.98 Å². The summed E-state index contributed by atoms with van der Waals surface area (Å²) >= 11 is 0. The van der Waals surface area contributed by atoms with Gasteiger partial charge >= 0.3 is 0 Å². The molecule has 0 aliphatic carbocycles. The molecule has 0 N–H and O–H groups in total. The number of nitrogens with zero attached hydrogens (tertiary/aromatic N) is 5. The van der Waals surface area contributed by atoms with Crippen molar-refractivity contribution in [3.05, 3.63) is 34.7 Å². The fourth-order valence-corrected chi connectivity index (χ4v) is 1.83. The van der Waals surface area contributed by atoms with Crippen molar-refractivity contribution in [3.8, 4) is 0 Å². The Balaban J connectivity index is 2.10. The van der Waals surface area contributed by atoms with Crippen LogP contribution >= 0.6 is 0 Å². The fourth-order valence-electron chi connectivity index (χ4n) is 1.83. The Bertz CT molecular complexity index is 468. The lowest BCUT2D eigenvalue weighted by Gasteiger charge is -2.15. The van der Waals surface area contributed by atoms with Crippen molar-refractivity contribution in [1.29, 1.82) is 0 Å². The molecular formula is C10H10FN5O. The average Bonchev–Trinajstić information content (AvgIpc) is 2.69. The van der Waals surface area contributed by atoms with Gasteiger partial charge in [0.1, 0.15) is 0 Å². The van der Waals surface area contributed by atoms with E-state index in [1.165, 1.54) is 23.2 Å². The first kappa shape index (κ1) is 11.3. The second-order valence-corrected chi connectivity index (χ2v) is 3.83. The van der Waals surface area contributed by atoms with Crippen LogP contribution in [0.3, 0.4) is 0 Å². The molecule has 2 heterocycles. The third-order valence-corrected chi connectivity index (χ3v) is 2.63. The molecule has 1 saturated heterocycles. The van der Waals surface area contributed by atoms with E-state index in [1.54, 1.807) is 0 Å². The van der Waals surface area contributed by atoms with Gasteiger partial charge in [-0.05, 0) is 23.6 Å². The first-order valence-corrected chi connectivity index (χ1v) is 5.13. The molecule has 17 heavy (non-hydrogen) atoms. The van der Waals surface area contributed by atoms with Crippen LogP contribution in [0.15, 0.2) is 23.4 Å². The molecule has 2 rings (SSSR count). The molecule has 1 aliphatic heterocycles. The summed E-state index contributed by atoms with van der Waals surface area (Å²) in [5.41, 5.74) is 8.78. The molecule has 1 aromatic heterocycles. The van der Waals surface area contributed by atoms with Gasteiger partial charge in [-0.2, -0.15) is 4.39 Å². The van der Waals surface area contributed by atoms with Crippen molar-refractivity contribution in [2.45, 2.75) is 6.42 Å². The molecule has 0 spiro atoms. The number of anilines is 1. The van der Waals surface area contributed by atoms with Gasteiger partial charge in [-0.1, -0.05) is 5.11 Å². The Morgan fingerprint density at radius 2 is 2.47 bits per heavy atom. The van der Waals surface area contributed by atoms with Gasteiger partial charge in [-0.15, -0.1) is 0 Å². The predicted octanol–water partition coefficient (Wildman–Crippen LogP) is 1.88. The van der Waals surface area contributed by atoms with E-state index in [4.69, 9.17) is 5.53 Å². The number of rotatable bonds is 3. The summed E-state index contributed by atoms with van der Waals surface area (Å²) in [6.07, 6.45) is 1.67. The molecule has 0 saturated carbocycles. The summed E-state index contributed by atoms with van der Waals surface area (Å²) in [5.74, 6) is -0.619. The third-order valence-electron chi connectivity index (χ3n) is 2.63. The molecule has 0 bridgehead atoms. The zero-order valence-corrected chi connectivity index (χ0v) is 8.95. The molecule has 88 valence electrons. The van der Waals surface area contributed by atoms with Crippen LogP contribution in [0.25, 0.3) is 10.4 Å². The lowest BCUT2D eigenvalue weighted by molar-refractivity contribution is -0.117. The largest absolute Gasteiger partial charge is 0.311 e. The third kappa shape index (κ3) is 2.51. The van der Waals surface area contributed by atoms with E-state index >= 15 is 0 Å². The summed E-state index contributed by atoms with van der Waals surface area (Å²) in [6.45, 7) is 0.776. The topological polar surface area (TPSA) is 82.0 Å². The number of aromatic nitrogens is 1. The van der Waals surface area contributed by atoms with Crippen molar-refractivity contribution in [1.82, 2.24) is 4.98 Å². The standard InChI is InChI=1S/C10H10FN5O/c11-9-2-1-8(5-13-9)16-6-7(3-10(16)17)4-14-15-12/h1-2,5,7H,3-4,6H2. The van der Waals surface area contributed by atoms with Crippen LogP contribution in [0.2, 0.25) is 0 Å². The molecule has 0 radical (unpaired) electrons. The summed E-state index contributed by atoms with van der Waals surface area (Å²) < 4.78 is 12.6. The minimum absolute atomic E-state index is 0.0171. The Labute approximate surface area is 96.7 Å². The van der Waals surface area contributed by atoms with Gasteiger partial charge in [0.2, 0.25) is 11.9 Å². The Kier molecular flexibility index (Phi) is 3.20. The van der Waals surface area contributed by atoms with Crippen LogP contribution in [0, 0.1) is 11.9 Å². The first-order valence-electron chi connectivity index (χ1n) is 5.13. The van der Waals surface area contributed by atoms with Crippen molar-refractivity contribution in [2.75, 3.05) is 18.0 Å². The van der Waals surface area contributed by atoms with E-state index in [0.29, 0.717) is 25.2 Å². The fraction of sp³-hybridized carbons (Fsp3) is 0.400. The molecule has 6 nitrogen and oxygen atoms in total. The molecule has 1 atom stereocenters. The van der Waals surface area contributed by atoms with Gasteiger partial charge in [-0.3, -0.25) is 4.79 Å². The molecule has 1 fully saturated rings. The van der Waals surface area contributed by atoms with Crippen molar-refractivity contribution >= 4 is 11.6 Å². The lowest BCUT2D eigenvalue weighted by Crippen LogP contribution is -2.24. The van der Waals surface area contributed by atoms with Crippen LogP contribution in [0.4, 0.5) is 10.1 Å². The Hall–Kier alpha value is -2.14. The van der Waals surface area contributed by atoms with Crippen molar-refractivity contribution < 1.29 is 9.18 Å². The minimum Gasteiger partial charge on any atom is -0.311 e. The number of halogens is 1. The quantitative estimate of drug-likeness (QED) is 0.347. The number of pyridine rings is 1. The second kappa shape index (κ2) is 4.80. The van der Waals surface area contributed by atoms with Gasteiger partial charge in [0.05, 0.1) is 11.9 Å². The highest BCUT2D eigenvalue weighted by atomic mass is 19.1. The smallest absolute Gasteiger partial charge is 0.227 e. The zero-order valence-electron chi connectivity index (χ0n) is 8.95. The molecule has 7 heteroatoms. The van der Waals surface area contributed by atoms with Crippen LogP contribution < -0.4 is 4.90 Å². The second-order valence-electron chi connectivity index (χ2n) is 3.83. The van der Waals surface area contributed by atoms with Gasteiger partial charge in [0.25, 0.3) is 0 Å². The van der Waals surface area contributed by atoms with Gasteiger partial charge in [0, 0.05) is 24.4 Å². The molecule has 1 aliphatic rings. The van der Waals surface area contributed by atoms with Crippen molar-refractivity contribution in [3.63, 3.8) is 0 Å². The zero-order chi connectivity index (χ0) is 12.3. The van der Waals surface area contributed by atoms with E-state index in [0.717, 1.165) is 0 Å². The van der Waals surface area contributed by atoms with E-state index in [2.05, 4.69) is 15.0 Å². The highest BCUT2D eigenvalue weighted by molar-refractivity contribution is 5.95. The number of hydrogen-bond donors (Lipinski definition) is 0. The van der Waals surface area contributed by atoms with E-state index in [9.17, 15) is 9.18 Å². The van der Waals surface area contributed by atoms with Crippen LogP contribution in [0.5, 0.6) is 0 Å². The number of amides is 1. The predicted molar refractivity (Wildman–Crippen MR) is 58.7 cm³/mol. The molecule has 1 unspecified atom stereocenters. The van der Waals surface area contributed by atoms with Gasteiger partial charge in [0.15, 0.2) is 0 Å². The van der Waals surface area contributed by atoms with E-state index in [1.807, 2.05) is 0 Å². The molecule has 1 aromatic rings. The monoisotopic (exact) mass is 235 g/mol. The Morgan fingerprint density at radius 1 is 1.65 bits per heavy atom. The van der Waals surface area contributed by atoms with E-state index in [-0.39, 0.29) is 11.8 Å². The normalized spacial score (nSPS) is 19.2. The minimum atomic E-state index is -0.578.